The highest BCUT2D eigenvalue weighted by molar-refractivity contribution is 5.93. The lowest BCUT2D eigenvalue weighted by Crippen LogP contribution is -2.05. The van der Waals surface area contributed by atoms with Gasteiger partial charge in [0.25, 0.3) is 0 Å². The topological polar surface area (TPSA) is 84.1 Å². The van der Waals surface area contributed by atoms with E-state index in [2.05, 4.69) is 25.6 Å². The number of ether oxygens (including phenoxy) is 2. The van der Waals surface area contributed by atoms with Gasteiger partial charge in [0.15, 0.2) is 11.6 Å². The minimum Gasteiger partial charge on any atom is -0.496 e. The van der Waals surface area contributed by atoms with Crippen LogP contribution < -0.4 is 20.1 Å². The predicted molar refractivity (Wildman–Crippen MR) is 111 cm³/mol. The first-order valence-corrected chi connectivity index (χ1v) is 8.95. The summed E-state index contributed by atoms with van der Waals surface area (Å²) in [6.45, 7) is 1.86. The van der Waals surface area contributed by atoms with Gasteiger partial charge in [-0.25, -0.2) is 9.37 Å². The van der Waals surface area contributed by atoms with Gasteiger partial charge in [-0.3, -0.25) is 0 Å². The Kier molecular flexibility index (Phi) is 4.90. The average molecular weight is 393 g/mol. The normalized spacial score (nSPS) is 10.8. The van der Waals surface area contributed by atoms with Crippen molar-refractivity contribution in [2.45, 2.75) is 6.92 Å². The average Bonchev–Trinajstić information content (AvgIpc) is 3.21. The fourth-order valence-corrected chi connectivity index (χ4v) is 3.21. The van der Waals surface area contributed by atoms with Crippen molar-refractivity contribution in [1.82, 2.24) is 15.0 Å². The van der Waals surface area contributed by atoms with Gasteiger partial charge >= 0.3 is 0 Å². The summed E-state index contributed by atoms with van der Waals surface area (Å²) in [6, 6.07) is 11.3. The third-order valence-corrected chi connectivity index (χ3v) is 4.62. The van der Waals surface area contributed by atoms with E-state index in [4.69, 9.17) is 9.47 Å². The standard InChI is InChI=1S/C21H20FN5O2/c1-12-18(28-2)8-7-17(19(12)29-3)25-20-14(22)11-24-21(27-20)26-16-6-4-5-15-13(16)9-10-23-15/h4-11,23H,1-3H3,(H2,24,25,26,27). The van der Waals surface area contributed by atoms with E-state index < -0.39 is 5.82 Å². The van der Waals surface area contributed by atoms with Crippen molar-refractivity contribution in [3.63, 3.8) is 0 Å². The first-order chi connectivity index (χ1) is 14.1. The highest BCUT2D eigenvalue weighted by Gasteiger charge is 2.15. The highest BCUT2D eigenvalue weighted by Crippen LogP contribution is 2.36. The molecule has 0 saturated heterocycles. The lowest BCUT2D eigenvalue weighted by Gasteiger charge is -2.16. The van der Waals surface area contributed by atoms with Crippen LogP contribution in [0.2, 0.25) is 0 Å². The van der Waals surface area contributed by atoms with Gasteiger partial charge in [-0.2, -0.15) is 4.98 Å². The molecular formula is C21H20FN5O2. The van der Waals surface area contributed by atoms with E-state index in [1.165, 1.54) is 0 Å². The van der Waals surface area contributed by atoms with Gasteiger partial charge in [0.05, 0.1) is 31.8 Å². The summed E-state index contributed by atoms with van der Waals surface area (Å²) in [6.07, 6.45) is 2.98. The Morgan fingerprint density at radius 1 is 1.00 bits per heavy atom. The minimum absolute atomic E-state index is 0.0339. The molecule has 2 aromatic carbocycles. The van der Waals surface area contributed by atoms with E-state index in [0.717, 1.165) is 28.4 Å². The molecule has 0 aliphatic heterocycles. The molecule has 2 aromatic heterocycles. The number of anilines is 4. The van der Waals surface area contributed by atoms with Crippen molar-refractivity contribution in [3.8, 4) is 11.5 Å². The Bertz CT molecular complexity index is 1180. The Balaban J connectivity index is 1.66. The van der Waals surface area contributed by atoms with Crippen LogP contribution in [0.1, 0.15) is 5.56 Å². The maximum atomic E-state index is 14.4. The van der Waals surface area contributed by atoms with Crippen molar-refractivity contribution in [3.05, 3.63) is 60.2 Å². The van der Waals surface area contributed by atoms with Crippen LogP contribution in [0, 0.1) is 12.7 Å². The van der Waals surface area contributed by atoms with Gasteiger partial charge in [0.2, 0.25) is 5.95 Å². The fourth-order valence-electron chi connectivity index (χ4n) is 3.21. The molecule has 0 spiro atoms. The van der Waals surface area contributed by atoms with Crippen LogP contribution in [0.15, 0.2) is 48.8 Å². The second-order valence-corrected chi connectivity index (χ2v) is 6.36. The first kappa shape index (κ1) is 18.5. The Morgan fingerprint density at radius 3 is 2.66 bits per heavy atom. The number of H-pyrrole nitrogens is 1. The van der Waals surface area contributed by atoms with Crippen molar-refractivity contribution < 1.29 is 13.9 Å². The molecule has 29 heavy (non-hydrogen) atoms. The Morgan fingerprint density at radius 2 is 1.86 bits per heavy atom. The maximum absolute atomic E-state index is 14.4. The van der Waals surface area contributed by atoms with Crippen LogP contribution in [0.5, 0.6) is 11.5 Å². The summed E-state index contributed by atoms with van der Waals surface area (Å²) >= 11 is 0. The summed E-state index contributed by atoms with van der Waals surface area (Å²) in [4.78, 5) is 11.5. The molecule has 0 aliphatic rings. The van der Waals surface area contributed by atoms with Crippen LogP contribution in [-0.2, 0) is 0 Å². The first-order valence-electron chi connectivity index (χ1n) is 8.95. The van der Waals surface area contributed by atoms with E-state index >= 15 is 0 Å². The smallest absolute Gasteiger partial charge is 0.229 e. The van der Waals surface area contributed by atoms with Gasteiger partial charge in [-0.05, 0) is 37.3 Å². The number of halogens is 1. The van der Waals surface area contributed by atoms with Crippen LogP contribution in [0.25, 0.3) is 10.9 Å². The van der Waals surface area contributed by atoms with Crippen molar-refractivity contribution in [1.29, 1.82) is 0 Å². The zero-order valence-corrected chi connectivity index (χ0v) is 16.2. The molecule has 2 heterocycles. The van der Waals surface area contributed by atoms with Gasteiger partial charge in [-0.1, -0.05) is 6.07 Å². The van der Waals surface area contributed by atoms with Crippen LogP contribution in [0.3, 0.4) is 0 Å². The number of nitrogens with one attached hydrogen (secondary N) is 3. The number of fused-ring (bicyclic) bond motifs is 1. The van der Waals surface area contributed by atoms with Crippen LogP contribution in [0.4, 0.5) is 27.5 Å². The number of hydrogen-bond donors (Lipinski definition) is 3. The zero-order valence-electron chi connectivity index (χ0n) is 16.2. The molecule has 0 aliphatic carbocycles. The molecule has 0 saturated carbocycles. The number of nitrogens with zero attached hydrogens (tertiary/aromatic N) is 2. The molecule has 0 unspecified atom stereocenters. The number of benzene rings is 2. The molecule has 148 valence electrons. The fraction of sp³-hybridized carbons (Fsp3) is 0.143. The molecule has 0 amide bonds. The molecule has 0 radical (unpaired) electrons. The summed E-state index contributed by atoms with van der Waals surface area (Å²) < 4.78 is 25.2. The van der Waals surface area contributed by atoms with Crippen molar-refractivity contribution in [2.75, 3.05) is 24.9 Å². The van der Waals surface area contributed by atoms with Gasteiger partial charge < -0.3 is 25.1 Å². The maximum Gasteiger partial charge on any atom is 0.229 e. The van der Waals surface area contributed by atoms with Crippen LogP contribution in [-0.4, -0.2) is 29.2 Å². The lowest BCUT2D eigenvalue weighted by atomic mass is 10.1. The van der Waals surface area contributed by atoms with E-state index in [-0.39, 0.29) is 11.8 Å². The second-order valence-electron chi connectivity index (χ2n) is 6.36. The van der Waals surface area contributed by atoms with E-state index in [1.807, 2.05) is 37.4 Å². The third kappa shape index (κ3) is 3.52. The molecule has 7 nitrogen and oxygen atoms in total. The summed E-state index contributed by atoms with van der Waals surface area (Å²) in [5.41, 5.74) is 3.17. The molecule has 0 fully saturated rings. The van der Waals surface area contributed by atoms with Crippen molar-refractivity contribution in [2.24, 2.45) is 0 Å². The largest absolute Gasteiger partial charge is 0.496 e. The molecule has 0 bridgehead atoms. The number of aromatic amines is 1. The van der Waals surface area contributed by atoms with Gasteiger partial charge in [-0.15, -0.1) is 0 Å². The highest BCUT2D eigenvalue weighted by atomic mass is 19.1. The van der Waals surface area contributed by atoms with Crippen molar-refractivity contribution >= 4 is 34.0 Å². The summed E-state index contributed by atoms with van der Waals surface area (Å²) in [5, 5.41) is 7.12. The summed E-state index contributed by atoms with van der Waals surface area (Å²) in [5.74, 6) is 0.954. The SMILES string of the molecule is COc1ccc(Nc2nc(Nc3cccc4[nH]ccc34)ncc2F)c(OC)c1C. The number of rotatable bonds is 6. The third-order valence-electron chi connectivity index (χ3n) is 4.62. The quantitative estimate of drug-likeness (QED) is 0.432. The Hall–Kier alpha value is -3.81. The zero-order chi connectivity index (χ0) is 20.4. The van der Waals surface area contributed by atoms with E-state index in [0.29, 0.717) is 17.2 Å². The number of hydrogen-bond acceptors (Lipinski definition) is 6. The number of aromatic nitrogens is 3. The number of methoxy groups -OCH3 is 2. The molecule has 3 N–H and O–H groups in total. The van der Waals surface area contributed by atoms with Gasteiger partial charge in [0, 0.05) is 22.7 Å². The predicted octanol–water partition coefficient (Wildman–Crippen LogP) is 4.91. The molecule has 4 rings (SSSR count). The molecule has 0 atom stereocenters. The van der Waals surface area contributed by atoms with Crippen LogP contribution >= 0.6 is 0 Å². The summed E-state index contributed by atoms with van der Waals surface area (Å²) in [7, 11) is 3.13. The molecular weight excluding hydrogens is 373 g/mol. The van der Waals surface area contributed by atoms with Gasteiger partial charge in [0.1, 0.15) is 11.5 Å². The minimum atomic E-state index is -0.578. The molecule has 4 aromatic rings. The second kappa shape index (κ2) is 7.67. The van der Waals surface area contributed by atoms with E-state index in [9.17, 15) is 4.39 Å². The Labute approximate surface area is 166 Å². The molecule has 8 heteroatoms. The van der Waals surface area contributed by atoms with E-state index in [1.54, 1.807) is 26.4 Å². The lowest BCUT2D eigenvalue weighted by molar-refractivity contribution is 0.390. The monoisotopic (exact) mass is 393 g/mol.